The maximum Gasteiger partial charge on any atom is 0.166 e. The maximum atomic E-state index is 13.7. The lowest BCUT2D eigenvalue weighted by atomic mass is 10.2. The number of hydrogen-bond donors (Lipinski definition) is 1. The molecular weight excluding hydrogens is 319 g/mol. The van der Waals surface area contributed by atoms with Crippen LogP contribution >= 0.6 is 11.6 Å². The van der Waals surface area contributed by atoms with Gasteiger partial charge in [0, 0.05) is 32.0 Å². The van der Waals surface area contributed by atoms with E-state index in [0.29, 0.717) is 13.2 Å². The molecule has 2 aromatic rings. The summed E-state index contributed by atoms with van der Waals surface area (Å²) in [6.07, 6.45) is 3.37. The molecule has 1 atom stereocenters. The number of nitrogens with one attached hydrogen (secondary N) is 1. The second-order valence-electron chi connectivity index (χ2n) is 5.49. The number of pyridine rings is 2. The van der Waals surface area contributed by atoms with Crippen LogP contribution in [0.15, 0.2) is 30.6 Å². The molecule has 0 spiro atoms. The van der Waals surface area contributed by atoms with Crippen molar-refractivity contribution in [3.63, 3.8) is 0 Å². The molecule has 7 heteroatoms. The van der Waals surface area contributed by atoms with Crippen molar-refractivity contribution < 1.29 is 9.13 Å². The average molecular weight is 337 g/mol. The molecule has 1 fully saturated rings. The topological polar surface area (TPSA) is 50.3 Å². The minimum absolute atomic E-state index is 0.188. The van der Waals surface area contributed by atoms with Gasteiger partial charge in [0.15, 0.2) is 11.6 Å². The number of nitrogens with zero attached hydrogens (tertiary/aromatic N) is 3. The number of aromatic nitrogens is 2. The molecule has 122 valence electrons. The molecule has 0 aromatic carbocycles. The summed E-state index contributed by atoms with van der Waals surface area (Å²) >= 11 is 5.70. The second kappa shape index (κ2) is 7.10. The van der Waals surface area contributed by atoms with E-state index in [2.05, 4.69) is 20.2 Å². The smallest absolute Gasteiger partial charge is 0.166 e. The van der Waals surface area contributed by atoms with E-state index in [1.54, 1.807) is 6.20 Å². The van der Waals surface area contributed by atoms with Gasteiger partial charge in [-0.05, 0) is 30.7 Å². The van der Waals surface area contributed by atoms with Crippen LogP contribution in [-0.4, -0.2) is 35.8 Å². The first-order valence-corrected chi connectivity index (χ1v) is 7.86. The molecule has 0 bridgehead atoms. The maximum absolute atomic E-state index is 13.7. The molecule has 1 N–H and O–H groups in total. The quantitative estimate of drug-likeness (QED) is 0.929. The highest BCUT2D eigenvalue weighted by Crippen LogP contribution is 2.19. The number of halogens is 2. The van der Waals surface area contributed by atoms with Gasteiger partial charge < -0.3 is 15.0 Å². The van der Waals surface area contributed by atoms with Gasteiger partial charge in [-0.2, -0.15) is 0 Å². The van der Waals surface area contributed by atoms with Crippen molar-refractivity contribution in [1.29, 1.82) is 0 Å². The van der Waals surface area contributed by atoms with Gasteiger partial charge in [-0.15, -0.1) is 0 Å². The van der Waals surface area contributed by atoms with E-state index < -0.39 is 5.82 Å². The first kappa shape index (κ1) is 16.0. The van der Waals surface area contributed by atoms with Crippen LogP contribution in [-0.2, 0) is 11.3 Å². The molecule has 0 amide bonds. The first-order valence-electron chi connectivity index (χ1n) is 7.48. The third-order valence-corrected chi connectivity index (χ3v) is 3.85. The van der Waals surface area contributed by atoms with Gasteiger partial charge in [0.05, 0.1) is 17.7 Å². The molecule has 1 unspecified atom stereocenters. The van der Waals surface area contributed by atoms with Crippen molar-refractivity contribution in [3.8, 4) is 0 Å². The summed E-state index contributed by atoms with van der Waals surface area (Å²) in [5.74, 6) is 0.630. The summed E-state index contributed by atoms with van der Waals surface area (Å²) in [6, 6.07) is 5.14. The van der Waals surface area contributed by atoms with E-state index in [0.717, 1.165) is 24.5 Å². The lowest BCUT2D eigenvalue weighted by Gasteiger charge is -2.32. The molecule has 23 heavy (non-hydrogen) atoms. The van der Waals surface area contributed by atoms with E-state index in [1.807, 2.05) is 19.1 Å². The Kier molecular flexibility index (Phi) is 4.93. The van der Waals surface area contributed by atoms with Crippen LogP contribution in [0.3, 0.4) is 0 Å². The zero-order chi connectivity index (χ0) is 16.2. The summed E-state index contributed by atoms with van der Waals surface area (Å²) in [7, 11) is 0. The Morgan fingerprint density at radius 1 is 1.43 bits per heavy atom. The van der Waals surface area contributed by atoms with Crippen molar-refractivity contribution in [1.82, 2.24) is 9.97 Å². The van der Waals surface area contributed by atoms with Crippen LogP contribution in [0, 0.1) is 5.82 Å². The number of morpholine rings is 1. The second-order valence-corrected chi connectivity index (χ2v) is 5.92. The van der Waals surface area contributed by atoms with E-state index in [9.17, 15) is 4.39 Å². The highest BCUT2D eigenvalue weighted by atomic mass is 35.5. The molecule has 2 aromatic heterocycles. The third kappa shape index (κ3) is 4.09. The van der Waals surface area contributed by atoms with Crippen LogP contribution in [0.25, 0.3) is 0 Å². The van der Waals surface area contributed by atoms with Crippen molar-refractivity contribution >= 4 is 23.2 Å². The van der Waals surface area contributed by atoms with Crippen molar-refractivity contribution in [3.05, 3.63) is 47.0 Å². The van der Waals surface area contributed by atoms with Crippen LogP contribution in [0.1, 0.15) is 12.5 Å². The average Bonchev–Trinajstić information content (AvgIpc) is 2.54. The Morgan fingerprint density at radius 3 is 3.09 bits per heavy atom. The molecular formula is C16H18ClFN4O. The largest absolute Gasteiger partial charge is 0.375 e. The van der Waals surface area contributed by atoms with Gasteiger partial charge in [-0.25, -0.2) is 14.4 Å². The van der Waals surface area contributed by atoms with Gasteiger partial charge in [0.1, 0.15) is 5.82 Å². The summed E-state index contributed by atoms with van der Waals surface area (Å²) in [5, 5.41) is 3.26. The molecule has 3 heterocycles. The summed E-state index contributed by atoms with van der Waals surface area (Å²) in [4.78, 5) is 10.6. The summed E-state index contributed by atoms with van der Waals surface area (Å²) in [5.41, 5.74) is 1.00. The van der Waals surface area contributed by atoms with Gasteiger partial charge in [0.2, 0.25) is 0 Å². The number of ether oxygens (including phenoxy) is 1. The molecule has 0 saturated carbocycles. The lowest BCUT2D eigenvalue weighted by molar-refractivity contribution is 0.0529. The van der Waals surface area contributed by atoms with Gasteiger partial charge >= 0.3 is 0 Å². The highest BCUT2D eigenvalue weighted by Gasteiger charge is 2.18. The molecule has 1 saturated heterocycles. The molecule has 1 aliphatic heterocycles. The normalized spacial score (nSPS) is 18.0. The van der Waals surface area contributed by atoms with E-state index in [-0.39, 0.29) is 16.9 Å². The molecule has 5 nitrogen and oxygen atoms in total. The predicted octanol–water partition coefficient (Wildman–Crippen LogP) is 3.11. The highest BCUT2D eigenvalue weighted by molar-refractivity contribution is 6.30. The Hall–Kier alpha value is -1.92. The zero-order valence-corrected chi connectivity index (χ0v) is 13.6. The van der Waals surface area contributed by atoms with E-state index >= 15 is 0 Å². The van der Waals surface area contributed by atoms with E-state index in [4.69, 9.17) is 16.3 Å². The van der Waals surface area contributed by atoms with Crippen molar-refractivity contribution in [2.75, 3.05) is 29.9 Å². The van der Waals surface area contributed by atoms with Gasteiger partial charge in [-0.1, -0.05) is 11.6 Å². The number of rotatable bonds is 4. The molecule has 0 radical (unpaired) electrons. The Bertz CT molecular complexity index is 685. The molecule has 3 rings (SSSR count). The van der Waals surface area contributed by atoms with Gasteiger partial charge in [-0.3, -0.25) is 0 Å². The minimum Gasteiger partial charge on any atom is -0.375 e. The molecule has 1 aliphatic rings. The summed E-state index contributed by atoms with van der Waals surface area (Å²) < 4.78 is 19.3. The zero-order valence-electron chi connectivity index (χ0n) is 12.8. The Morgan fingerprint density at radius 2 is 2.30 bits per heavy atom. The fourth-order valence-corrected chi connectivity index (χ4v) is 2.65. The monoisotopic (exact) mass is 336 g/mol. The van der Waals surface area contributed by atoms with Crippen LogP contribution < -0.4 is 10.2 Å². The third-order valence-electron chi connectivity index (χ3n) is 3.64. The Balaban J connectivity index is 1.67. The number of anilines is 2. The summed E-state index contributed by atoms with van der Waals surface area (Å²) in [6.45, 7) is 4.84. The van der Waals surface area contributed by atoms with E-state index in [1.165, 1.54) is 12.3 Å². The van der Waals surface area contributed by atoms with Crippen LogP contribution in [0.4, 0.5) is 16.0 Å². The number of hydrogen-bond acceptors (Lipinski definition) is 5. The van der Waals surface area contributed by atoms with Crippen molar-refractivity contribution in [2.24, 2.45) is 0 Å². The first-order chi connectivity index (χ1) is 11.1. The molecule has 0 aliphatic carbocycles. The predicted molar refractivity (Wildman–Crippen MR) is 88.4 cm³/mol. The fourth-order valence-electron chi connectivity index (χ4n) is 2.50. The van der Waals surface area contributed by atoms with Crippen LogP contribution in [0.5, 0.6) is 0 Å². The Labute approximate surface area is 139 Å². The van der Waals surface area contributed by atoms with Crippen molar-refractivity contribution in [2.45, 2.75) is 19.6 Å². The van der Waals surface area contributed by atoms with Gasteiger partial charge in [0.25, 0.3) is 0 Å². The standard InChI is InChI=1S/C16H18ClFN4O/c1-11-10-22(4-5-23-11)15-6-12(2-3-19-15)8-20-16-14(18)7-13(17)9-21-16/h2-3,6-7,9,11H,4-5,8,10H2,1H3,(H,20,21). The minimum atomic E-state index is -0.464. The lowest BCUT2D eigenvalue weighted by Crippen LogP contribution is -2.41. The SMILES string of the molecule is CC1CN(c2cc(CNc3ncc(Cl)cc3F)ccn2)CCO1. The fraction of sp³-hybridized carbons (Fsp3) is 0.375. The van der Waals surface area contributed by atoms with Crippen LogP contribution in [0.2, 0.25) is 5.02 Å².